The molecule has 0 heterocycles. The average molecular weight is 1140 g/mol. The van der Waals surface area contributed by atoms with Crippen LogP contribution in [0.1, 0.15) is 350 Å². The van der Waals surface area contributed by atoms with Crippen molar-refractivity contribution >= 4 is 22.8 Å². The monoisotopic (exact) mass is 1140 g/mol. The Morgan fingerprint density at radius 1 is 0.219 bits per heavy atom. The molecule has 3 atom stereocenters. The van der Waals surface area contributed by atoms with E-state index in [1.54, 1.807) is 0 Å². The molecule has 0 saturated carbocycles. The van der Waals surface area contributed by atoms with E-state index in [1.165, 1.54) is 212 Å². The molecule has 0 aromatic carbocycles. The largest absolute Gasteiger partial charge is 3.00 e. The van der Waals surface area contributed by atoms with Gasteiger partial charge in [-0.3, -0.25) is 0 Å². The summed E-state index contributed by atoms with van der Waals surface area (Å²) in [5.41, 5.74) is 0. The van der Waals surface area contributed by atoms with Crippen molar-refractivity contribution in [2.24, 2.45) is 0 Å². The van der Waals surface area contributed by atoms with Crippen LogP contribution in [0.5, 0.6) is 0 Å². The SMILES string of the molecule is CCCCCCCCCCOP(=O)([O-])CCCCCCCCCC.CCCCCCCCCCOP(=O)([O-])CCCCCCCCCC.CCCCCCCCCCOP(=O)([O-])CCCCCCCCCC.[Cr+3]. The Bertz CT molecular complexity index is 1030. The first-order chi connectivity index (χ1) is 34.9. The molecule has 0 saturated heterocycles. The van der Waals surface area contributed by atoms with Gasteiger partial charge >= 0.3 is 17.4 Å². The quantitative estimate of drug-likeness (QED) is 0.0429. The van der Waals surface area contributed by atoms with Gasteiger partial charge < -0.3 is 41.9 Å². The van der Waals surface area contributed by atoms with Crippen LogP contribution < -0.4 is 14.7 Å². The zero-order chi connectivity index (χ0) is 53.8. The summed E-state index contributed by atoms with van der Waals surface area (Å²) >= 11 is 0. The van der Waals surface area contributed by atoms with Crippen LogP contribution >= 0.6 is 22.8 Å². The Labute approximate surface area is 467 Å². The van der Waals surface area contributed by atoms with Gasteiger partial charge in [-0.25, -0.2) is 0 Å². The summed E-state index contributed by atoms with van der Waals surface area (Å²) in [7, 11) is -10.7. The maximum atomic E-state index is 11.8. The van der Waals surface area contributed by atoms with Gasteiger partial charge in [0, 0.05) is 18.5 Å². The van der Waals surface area contributed by atoms with Gasteiger partial charge in [-0.05, 0) is 38.5 Å². The minimum atomic E-state index is -3.58. The van der Waals surface area contributed by atoms with E-state index in [4.69, 9.17) is 13.6 Å². The van der Waals surface area contributed by atoms with Gasteiger partial charge in [0.15, 0.2) is 0 Å². The van der Waals surface area contributed by atoms with Gasteiger partial charge in [0.2, 0.25) is 0 Å². The minimum absolute atomic E-state index is 0. The molecule has 0 N–H and O–H groups in total. The van der Waals surface area contributed by atoms with Crippen molar-refractivity contribution in [1.82, 2.24) is 0 Å². The predicted octanol–water partition coefficient (Wildman–Crippen LogP) is 20.5. The van der Waals surface area contributed by atoms with Crippen LogP contribution in [0.3, 0.4) is 0 Å². The molecule has 0 amide bonds. The van der Waals surface area contributed by atoms with Crippen LogP contribution in [-0.4, -0.2) is 38.3 Å². The second-order valence-electron chi connectivity index (χ2n) is 21.4. The fourth-order valence-corrected chi connectivity index (χ4v) is 12.3. The van der Waals surface area contributed by atoms with Crippen molar-refractivity contribution in [3.05, 3.63) is 0 Å². The third-order valence-corrected chi connectivity index (χ3v) is 18.0. The minimum Gasteiger partial charge on any atom is -0.778 e. The molecule has 441 valence electrons. The fourth-order valence-electron chi connectivity index (χ4n) is 8.83. The molecule has 1 radical (unpaired) electrons. The standard InChI is InChI=1S/3C20H43O3P.Cr/c3*1-3-5-7-9-11-13-15-17-19-23-24(21,22)20-18-16-14-12-10-8-6-4-2;/h3*3-20H2,1-2H3,(H,21,22);/q;;;+3/p-3. The molecule has 3 unspecified atom stereocenters. The van der Waals surface area contributed by atoms with E-state index < -0.39 is 22.8 Å². The molecule has 0 aromatic rings. The van der Waals surface area contributed by atoms with E-state index in [2.05, 4.69) is 41.5 Å². The zero-order valence-electron chi connectivity index (χ0n) is 49.6. The molecule has 73 heavy (non-hydrogen) atoms. The van der Waals surface area contributed by atoms with Crippen molar-refractivity contribution in [1.29, 1.82) is 0 Å². The van der Waals surface area contributed by atoms with E-state index >= 15 is 0 Å². The molecule has 0 fully saturated rings. The summed E-state index contributed by atoms with van der Waals surface area (Å²) in [6, 6.07) is 0. The van der Waals surface area contributed by atoms with Crippen molar-refractivity contribution in [2.75, 3.05) is 38.3 Å². The first kappa shape index (κ1) is 80.5. The third kappa shape index (κ3) is 75.1. The Morgan fingerprint density at radius 2 is 0.342 bits per heavy atom. The van der Waals surface area contributed by atoms with Gasteiger partial charge in [-0.15, -0.1) is 0 Å². The molecule has 13 heteroatoms. The summed E-state index contributed by atoms with van der Waals surface area (Å²) in [5.74, 6) is 0. The van der Waals surface area contributed by atoms with E-state index in [-0.39, 0.29) is 35.8 Å². The van der Waals surface area contributed by atoms with Crippen LogP contribution in [0, 0.1) is 0 Å². The van der Waals surface area contributed by atoms with Gasteiger partial charge in [0.1, 0.15) is 22.8 Å². The van der Waals surface area contributed by atoms with Gasteiger partial charge in [0.25, 0.3) is 0 Å². The number of hydrogen-bond acceptors (Lipinski definition) is 9. The fraction of sp³-hybridized carbons (Fsp3) is 1.00. The molecule has 0 rings (SSSR count). The Balaban J connectivity index is -0.000000486. The smallest absolute Gasteiger partial charge is 0.778 e. The van der Waals surface area contributed by atoms with Crippen LogP contribution in [0.4, 0.5) is 0 Å². The van der Waals surface area contributed by atoms with Crippen LogP contribution in [-0.2, 0) is 44.6 Å². The van der Waals surface area contributed by atoms with Crippen molar-refractivity contribution in [3.63, 3.8) is 0 Å². The Morgan fingerprint density at radius 3 is 0.493 bits per heavy atom. The molecule has 0 aliphatic heterocycles. The molecule has 0 spiro atoms. The summed E-state index contributed by atoms with van der Waals surface area (Å²) in [6.07, 6.45) is 57.9. The summed E-state index contributed by atoms with van der Waals surface area (Å²) < 4.78 is 50.9. The molecule has 0 aliphatic rings. The first-order valence-electron chi connectivity index (χ1n) is 31.7. The maximum Gasteiger partial charge on any atom is 3.00 e. The predicted molar refractivity (Wildman–Crippen MR) is 311 cm³/mol. The molecular weight excluding hydrogens is 1010 g/mol. The van der Waals surface area contributed by atoms with Crippen LogP contribution in [0.15, 0.2) is 0 Å². The Kier molecular flexibility index (Phi) is 72.2. The number of hydrogen-bond donors (Lipinski definition) is 0. The van der Waals surface area contributed by atoms with Gasteiger partial charge in [-0.2, -0.15) is 0 Å². The van der Waals surface area contributed by atoms with Crippen molar-refractivity contribution in [2.45, 2.75) is 350 Å². The normalized spacial score (nSPS) is 13.8. The van der Waals surface area contributed by atoms with Gasteiger partial charge in [0.05, 0.1) is 19.8 Å². The molecular formula is C60H126CrO9P3. The van der Waals surface area contributed by atoms with Crippen LogP contribution in [0.2, 0.25) is 0 Å². The summed E-state index contributed by atoms with van der Waals surface area (Å²) in [6.45, 7) is 14.5. The number of unbranched alkanes of at least 4 members (excludes halogenated alkanes) is 42. The summed E-state index contributed by atoms with van der Waals surface area (Å²) in [5, 5.41) is 0. The second kappa shape index (κ2) is 65.5. The van der Waals surface area contributed by atoms with E-state index in [0.717, 1.165) is 96.3 Å². The average Bonchev–Trinajstić information content (AvgIpc) is 3.35. The second-order valence-corrected chi connectivity index (χ2v) is 27.1. The maximum absolute atomic E-state index is 11.8. The molecule has 0 aromatic heterocycles. The molecule has 0 bridgehead atoms. The van der Waals surface area contributed by atoms with E-state index in [9.17, 15) is 28.4 Å². The topological polar surface area (TPSA) is 148 Å². The van der Waals surface area contributed by atoms with Crippen LogP contribution in [0.25, 0.3) is 0 Å². The first-order valence-corrected chi connectivity index (χ1v) is 36.9. The Hall–Kier alpha value is 0.982. The number of rotatable bonds is 57. The molecule has 9 nitrogen and oxygen atoms in total. The van der Waals surface area contributed by atoms with Crippen molar-refractivity contribution in [3.8, 4) is 0 Å². The molecule has 0 aliphatic carbocycles. The van der Waals surface area contributed by atoms with E-state index in [0.29, 0.717) is 19.8 Å². The van der Waals surface area contributed by atoms with E-state index in [1.807, 2.05) is 0 Å². The van der Waals surface area contributed by atoms with Crippen molar-refractivity contribution < 1.29 is 59.3 Å². The summed E-state index contributed by atoms with van der Waals surface area (Å²) in [4.78, 5) is 35.5. The van der Waals surface area contributed by atoms with Gasteiger partial charge in [-0.1, -0.05) is 311 Å². The third-order valence-electron chi connectivity index (χ3n) is 13.7. The zero-order valence-corrected chi connectivity index (χ0v) is 53.6.